The summed E-state index contributed by atoms with van der Waals surface area (Å²) in [5.41, 5.74) is 0.157. The molecule has 6 rings (SSSR count). The molecule has 2 atom stereocenters. The fourth-order valence-corrected chi connectivity index (χ4v) is 5.22. The van der Waals surface area contributed by atoms with Crippen molar-refractivity contribution < 1.29 is 41.7 Å². The maximum absolute atomic E-state index is 14.8. The zero-order valence-electron chi connectivity index (χ0n) is 25.3. The molecule has 15 heteroatoms. The largest absolute Gasteiger partial charge is 0.489 e. The van der Waals surface area contributed by atoms with Gasteiger partial charge >= 0.3 is 12.2 Å². The number of aryl methyl sites for hydroxylation is 1. The molecule has 246 valence electrons. The summed E-state index contributed by atoms with van der Waals surface area (Å²) in [5.74, 6) is -2.49. The standard InChI is InChI=1S/C33H26F4N6O5/c1-17-10-19-11-20(12-23(25(19)41-14-17)48-30-39-8-3-9-40-30)28(44)42-15-32(46,33(35,36)37)24-13-22-27(47-16-31(22,2)29(38)45)26(43-24)18-4-6-21(34)7-5-18/h3-14,46H,15-16H2,1-2H3,(H2,38,45)(H,42,44)/t31-,32-/m0/s1. The van der Waals surface area contributed by atoms with Gasteiger partial charge in [0.25, 0.3) is 5.91 Å². The third-order valence-electron chi connectivity index (χ3n) is 8.02. The Morgan fingerprint density at radius 3 is 2.46 bits per heavy atom. The number of pyridine rings is 2. The molecule has 1 aliphatic rings. The van der Waals surface area contributed by atoms with Crippen LogP contribution in [0.5, 0.6) is 17.5 Å². The van der Waals surface area contributed by atoms with Crippen molar-refractivity contribution >= 4 is 22.7 Å². The van der Waals surface area contributed by atoms with E-state index in [4.69, 9.17) is 15.2 Å². The monoisotopic (exact) mass is 662 g/mol. The number of primary amides is 1. The number of amides is 2. The minimum atomic E-state index is -5.40. The summed E-state index contributed by atoms with van der Waals surface area (Å²) >= 11 is 0. The van der Waals surface area contributed by atoms with Gasteiger partial charge in [-0.3, -0.25) is 14.6 Å². The molecule has 0 fully saturated rings. The van der Waals surface area contributed by atoms with Gasteiger partial charge in [0.2, 0.25) is 11.5 Å². The predicted molar refractivity (Wildman–Crippen MR) is 163 cm³/mol. The number of hydrogen-bond acceptors (Lipinski definition) is 9. The smallest absolute Gasteiger partial charge is 0.424 e. The molecule has 4 heterocycles. The van der Waals surface area contributed by atoms with Crippen molar-refractivity contribution in [3.63, 3.8) is 0 Å². The molecule has 2 amide bonds. The fraction of sp³-hybridized carbons (Fsp3) is 0.212. The van der Waals surface area contributed by atoms with Gasteiger partial charge in [-0.1, -0.05) is 0 Å². The third kappa shape index (κ3) is 5.72. The number of halogens is 4. The summed E-state index contributed by atoms with van der Waals surface area (Å²) in [5, 5.41) is 14.0. The van der Waals surface area contributed by atoms with E-state index < -0.39 is 47.1 Å². The maximum Gasteiger partial charge on any atom is 0.424 e. The molecule has 0 saturated carbocycles. The molecule has 4 N–H and O–H groups in total. The number of aromatic nitrogens is 4. The number of ether oxygens (including phenoxy) is 2. The van der Waals surface area contributed by atoms with Crippen LogP contribution in [0.25, 0.3) is 22.2 Å². The molecule has 1 aliphatic heterocycles. The molecular weight excluding hydrogens is 636 g/mol. The molecule has 0 unspecified atom stereocenters. The summed E-state index contributed by atoms with van der Waals surface area (Å²) in [6.45, 7) is 1.44. The first kappa shape index (κ1) is 32.2. The number of hydrogen-bond donors (Lipinski definition) is 3. The number of nitrogens with one attached hydrogen (secondary N) is 1. The molecule has 11 nitrogen and oxygen atoms in total. The second kappa shape index (κ2) is 11.8. The number of nitrogens with zero attached hydrogens (tertiary/aromatic N) is 4. The number of carbonyl (C=O) groups is 2. The van der Waals surface area contributed by atoms with E-state index >= 15 is 0 Å². The lowest BCUT2D eigenvalue weighted by Gasteiger charge is -2.31. The van der Waals surface area contributed by atoms with Crippen molar-refractivity contribution in [2.45, 2.75) is 31.0 Å². The average molecular weight is 663 g/mol. The molecule has 2 aromatic carbocycles. The van der Waals surface area contributed by atoms with Crippen molar-refractivity contribution in [1.82, 2.24) is 25.3 Å². The molecule has 0 aliphatic carbocycles. The number of nitrogens with two attached hydrogens (primary N) is 1. The molecule has 48 heavy (non-hydrogen) atoms. The van der Waals surface area contributed by atoms with Crippen molar-refractivity contribution in [2.24, 2.45) is 5.73 Å². The molecule has 0 saturated heterocycles. The minimum absolute atomic E-state index is 0.0461. The third-order valence-corrected chi connectivity index (χ3v) is 8.02. The van der Waals surface area contributed by atoms with E-state index in [0.717, 1.165) is 23.8 Å². The maximum atomic E-state index is 14.8. The number of aliphatic hydroxyl groups is 1. The van der Waals surface area contributed by atoms with Gasteiger partial charge in [-0.2, -0.15) is 13.2 Å². The highest BCUT2D eigenvalue weighted by Crippen LogP contribution is 2.47. The highest BCUT2D eigenvalue weighted by molar-refractivity contribution is 6.00. The van der Waals surface area contributed by atoms with E-state index in [9.17, 15) is 32.3 Å². The zero-order chi connectivity index (χ0) is 34.4. The van der Waals surface area contributed by atoms with Crippen LogP contribution in [0.4, 0.5) is 17.6 Å². The highest BCUT2D eigenvalue weighted by atomic mass is 19.4. The van der Waals surface area contributed by atoms with E-state index in [2.05, 4.69) is 25.3 Å². The summed E-state index contributed by atoms with van der Waals surface area (Å²) in [6, 6.07) is 11.4. The van der Waals surface area contributed by atoms with E-state index in [1.165, 1.54) is 43.6 Å². The fourth-order valence-electron chi connectivity index (χ4n) is 5.22. The van der Waals surface area contributed by atoms with Crippen LogP contribution in [0.3, 0.4) is 0 Å². The van der Waals surface area contributed by atoms with Gasteiger partial charge < -0.3 is 25.6 Å². The lowest BCUT2D eigenvalue weighted by Crippen LogP contribution is -2.51. The van der Waals surface area contributed by atoms with Crippen LogP contribution in [0.15, 0.2) is 73.2 Å². The Morgan fingerprint density at radius 1 is 1.08 bits per heavy atom. The van der Waals surface area contributed by atoms with Crippen LogP contribution in [0, 0.1) is 12.7 Å². The zero-order valence-corrected chi connectivity index (χ0v) is 25.3. The Morgan fingerprint density at radius 2 is 1.79 bits per heavy atom. The number of carbonyl (C=O) groups excluding carboxylic acids is 2. The van der Waals surface area contributed by atoms with Gasteiger partial charge in [-0.05, 0) is 74.0 Å². The Labute approximate surface area is 269 Å². The van der Waals surface area contributed by atoms with E-state index in [1.54, 1.807) is 25.3 Å². The number of fused-ring (bicyclic) bond motifs is 2. The first-order chi connectivity index (χ1) is 22.7. The second-order valence-corrected chi connectivity index (χ2v) is 11.5. The quantitative estimate of drug-likeness (QED) is 0.201. The Bertz CT molecular complexity index is 2060. The summed E-state index contributed by atoms with van der Waals surface area (Å²) in [4.78, 5) is 42.4. The first-order valence-corrected chi connectivity index (χ1v) is 14.4. The van der Waals surface area contributed by atoms with Gasteiger partial charge in [0.15, 0.2) is 5.75 Å². The van der Waals surface area contributed by atoms with Gasteiger partial charge in [-0.25, -0.2) is 19.3 Å². The van der Waals surface area contributed by atoms with Crippen molar-refractivity contribution in [2.75, 3.05) is 13.2 Å². The second-order valence-electron chi connectivity index (χ2n) is 11.5. The van der Waals surface area contributed by atoms with Crippen LogP contribution < -0.4 is 20.5 Å². The Balaban J connectivity index is 1.41. The SMILES string of the molecule is Cc1cnc2c(Oc3ncccn3)cc(C(=O)NC[C@](O)(c3cc4c(c(-c5ccc(F)cc5)n3)OC[C@]4(C)C(N)=O)C(F)(F)F)cc2c1. The topological polar surface area (TPSA) is 162 Å². The van der Waals surface area contributed by atoms with Crippen LogP contribution in [0.1, 0.15) is 34.1 Å². The number of rotatable bonds is 8. The average Bonchev–Trinajstić information content (AvgIpc) is 3.40. The predicted octanol–water partition coefficient (Wildman–Crippen LogP) is 4.64. The van der Waals surface area contributed by atoms with E-state index in [0.29, 0.717) is 10.9 Å². The van der Waals surface area contributed by atoms with Gasteiger partial charge in [-0.15, -0.1) is 0 Å². The van der Waals surface area contributed by atoms with Gasteiger partial charge in [0.1, 0.15) is 34.8 Å². The first-order valence-electron chi connectivity index (χ1n) is 14.4. The summed E-state index contributed by atoms with van der Waals surface area (Å²) < 4.78 is 69.7. The summed E-state index contributed by atoms with van der Waals surface area (Å²) in [6.07, 6.45) is -0.956. The van der Waals surface area contributed by atoms with Gasteiger partial charge in [0, 0.05) is 40.7 Å². The van der Waals surface area contributed by atoms with Crippen LogP contribution in [0.2, 0.25) is 0 Å². The van der Waals surface area contributed by atoms with E-state index in [-0.39, 0.29) is 46.5 Å². The summed E-state index contributed by atoms with van der Waals surface area (Å²) in [7, 11) is 0. The minimum Gasteiger partial charge on any atom is -0.489 e. The normalized spacial score (nSPS) is 16.9. The van der Waals surface area contributed by atoms with Crippen molar-refractivity contribution in [3.8, 4) is 28.8 Å². The molecular formula is C33H26F4N6O5. The van der Waals surface area contributed by atoms with Crippen LogP contribution in [-0.4, -0.2) is 56.2 Å². The van der Waals surface area contributed by atoms with Crippen molar-refractivity contribution in [1.29, 1.82) is 0 Å². The lowest BCUT2D eigenvalue weighted by molar-refractivity contribution is -0.265. The number of alkyl halides is 3. The number of benzene rings is 2. The lowest BCUT2D eigenvalue weighted by atomic mass is 9.81. The van der Waals surface area contributed by atoms with Crippen LogP contribution in [-0.2, 0) is 15.8 Å². The van der Waals surface area contributed by atoms with Crippen molar-refractivity contribution in [3.05, 3.63) is 101 Å². The van der Waals surface area contributed by atoms with Crippen LogP contribution >= 0.6 is 0 Å². The van der Waals surface area contributed by atoms with Gasteiger partial charge in [0.05, 0.1) is 12.2 Å². The highest BCUT2D eigenvalue weighted by Gasteiger charge is 2.57. The molecule has 3 aromatic heterocycles. The molecule has 5 aromatic rings. The molecule has 0 bridgehead atoms. The molecule has 0 radical (unpaired) electrons. The Kier molecular flexibility index (Phi) is 7.95. The van der Waals surface area contributed by atoms with E-state index in [1.807, 2.05) is 0 Å². The molecule has 0 spiro atoms. The Hall–Kier alpha value is -5.70.